The molecule has 3 fully saturated rings. The predicted octanol–water partition coefficient (Wildman–Crippen LogP) is 1.33. The molecule has 3 aliphatic rings. The van der Waals surface area contributed by atoms with Gasteiger partial charge < -0.3 is 4.74 Å². The Morgan fingerprint density at radius 3 is 2.91 bits per heavy atom. The fourth-order valence-corrected chi connectivity index (χ4v) is 3.82. The van der Waals surface area contributed by atoms with E-state index in [-0.39, 0.29) is 18.0 Å². The molecule has 3 heteroatoms. The molecule has 1 aliphatic heterocycles. The van der Waals surface area contributed by atoms with E-state index in [1.54, 1.807) is 0 Å². The van der Waals surface area contributed by atoms with E-state index in [2.05, 4.69) is 15.9 Å². The van der Waals surface area contributed by atoms with Crippen LogP contribution in [0.1, 0.15) is 12.8 Å². The van der Waals surface area contributed by atoms with Crippen molar-refractivity contribution in [2.45, 2.75) is 23.8 Å². The first-order valence-corrected chi connectivity index (χ1v) is 5.03. The van der Waals surface area contributed by atoms with Crippen molar-refractivity contribution in [1.29, 1.82) is 0 Å². The van der Waals surface area contributed by atoms with Gasteiger partial charge in [-0.25, -0.2) is 0 Å². The molecular formula is C8H9BrO2. The number of hydrogen-bond acceptors (Lipinski definition) is 2. The third-order valence-corrected chi connectivity index (χ3v) is 4.66. The van der Waals surface area contributed by atoms with Crippen LogP contribution in [-0.2, 0) is 9.53 Å². The number of fused-ring (bicyclic) bond motifs is 1. The van der Waals surface area contributed by atoms with Crippen LogP contribution in [0.15, 0.2) is 0 Å². The molecule has 1 saturated heterocycles. The van der Waals surface area contributed by atoms with Gasteiger partial charge in [0, 0.05) is 5.92 Å². The van der Waals surface area contributed by atoms with Crippen molar-refractivity contribution in [2.75, 3.05) is 0 Å². The molecule has 60 valence electrons. The number of carbonyl (C=O) groups is 1. The molecule has 0 aromatic heterocycles. The molecular weight excluding hydrogens is 208 g/mol. The number of ether oxygens (including phenoxy) is 1. The topological polar surface area (TPSA) is 26.3 Å². The minimum atomic E-state index is 0.0597. The molecule has 0 aromatic carbocycles. The molecule has 0 aromatic rings. The van der Waals surface area contributed by atoms with E-state index < -0.39 is 0 Å². The summed E-state index contributed by atoms with van der Waals surface area (Å²) in [7, 11) is 0. The maximum absolute atomic E-state index is 11.2. The average molecular weight is 217 g/mol. The molecule has 1 heterocycles. The highest BCUT2D eigenvalue weighted by atomic mass is 79.9. The first kappa shape index (κ1) is 6.46. The lowest BCUT2D eigenvalue weighted by Gasteiger charge is -2.18. The normalized spacial score (nSPS) is 58.6. The molecule has 0 radical (unpaired) electrons. The van der Waals surface area contributed by atoms with Gasteiger partial charge in [-0.3, -0.25) is 4.79 Å². The van der Waals surface area contributed by atoms with Crippen LogP contribution < -0.4 is 0 Å². The number of carbonyl (C=O) groups excluding carboxylic acids is 1. The third-order valence-electron chi connectivity index (χ3n) is 3.39. The van der Waals surface area contributed by atoms with E-state index in [9.17, 15) is 4.79 Å². The number of esters is 1. The summed E-state index contributed by atoms with van der Waals surface area (Å²) in [4.78, 5) is 11.6. The molecule has 2 bridgehead atoms. The minimum Gasteiger partial charge on any atom is -0.461 e. The summed E-state index contributed by atoms with van der Waals surface area (Å²) >= 11 is 3.60. The summed E-state index contributed by atoms with van der Waals surface area (Å²) in [5.74, 6) is 1.58. The average Bonchev–Trinajstić information content (AvgIpc) is 2.53. The predicted molar refractivity (Wildman–Crippen MR) is 42.3 cm³/mol. The van der Waals surface area contributed by atoms with Gasteiger partial charge in [-0.2, -0.15) is 0 Å². The highest BCUT2D eigenvalue weighted by molar-refractivity contribution is 9.09. The molecule has 0 spiro atoms. The van der Waals surface area contributed by atoms with Gasteiger partial charge in [0.2, 0.25) is 0 Å². The van der Waals surface area contributed by atoms with E-state index in [0.29, 0.717) is 16.7 Å². The molecule has 0 N–H and O–H groups in total. The largest absolute Gasteiger partial charge is 0.461 e. The first-order valence-electron chi connectivity index (χ1n) is 4.12. The Labute approximate surface area is 73.4 Å². The van der Waals surface area contributed by atoms with Crippen LogP contribution >= 0.6 is 15.9 Å². The zero-order chi connectivity index (χ0) is 7.59. The second kappa shape index (κ2) is 1.82. The van der Waals surface area contributed by atoms with Crippen molar-refractivity contribution < 1.29 is 9.53 Å². The smallest absolute Gasteiger partial charge is 0.309 e. The van der Waals surface area contributed by atoms with Gasteiger partial charge in [-0.05, 0) is 18.8 Å². The van der Waals surface area contributed by atoms with Crippen LogP contribution in [0.2, 0.25) is 0 Å². The van der Waals surface area contributed by atoms with E-state index in [1.807, 2.05) is 0 Å². The van der Waals surface area contributed by atoms with E-state index >= 15 is 0 Å². The summed E-state index contributed by atoms with van der Waals surface area (Å²) in [6.07, 6.45) is 2.48. The van der Waals surface area contributed by atoms with Gasteiger partial charge in [-0.1, -0.05) is 15.9 Å². The van der Waals surface area contributed by atoms with Gasteiger partial charge >= 0.3 is 5.97 Å². The van der Waals surface area contributed by atoms with Crippen LogP contribution in [0.4, 0.5) is 0 Å². The fourth-order valence-electron chi connectivity index (χ4n) is 2.88. The third kappa shape index (κ3) is 0.616. The molecule has 3 rings (SSSR count). The Kier molecular flexibility index (Phi) is 1.07. The quantitative estimate of drug-likeness (QED) is 0.452. The number of rotatable bonds is 0. The zero-order valence-corrected chi connectivity index (χ0v) is 7.58. The Hall–Kier alpha value is -0.0500. The number of alkyl halides is 1. The molecule has 0 unspecified atom stereocenters. The van der Waals surface area contributed by atoms with Gasteiger partial charge in [0.05, 0.1) is 10.7 Å². The van der Waals surface area contributed by atoms with Crippen molar-refractivity contribution in [3.63, 3.8) is 0 Å². The fraction of sp³-hybridized carbons (Fsp3) is 0.875. The maximum Gasteiger partial charge on any atom is 0.309 e. The standard InChI is InChI=1S/C8H9BrO2/c9-6-3-1-4-5(2-3)8(10)11-7(4)6/h3-7H,1-2H2/t3-,4-,5-,6-,7-/m0/s1. The van der Waals surface area contributed by atoms with Crippen molar-refractivity contribution in [2.24, 2.45) is 17.8 Å². The summed E-state index contributed by atoms with van der Waals surface area (Å²) in [6, 6.07) is 0. The highest BCUT2D eigenvalue weighted by Gasteiger charge is 2.60. The van der Waals surface area contributed by atoms with Crippen LogP contribution in [0.25, 0.3) is 0 Å². The summed E-state index contributed by atoms with van der Waals surface area (Å²) in [6.45, 7) is 0. The Morgan fingerprint density at radius 2 is 2.27 bits per heavy atom. The maximum atomic E-state index is 11.2. The van der Waals surface area contributed by atoms with Gasteiger partial charge in [-0.15, -0.1) is 0 Å². The lowest BCUT2D eigenvalue weighted by molar-refractivity contribution is -0.143. The monoisotopic (exact) mass is 216 g/mol. The Balaban J connectivity index is 2.04. The second-order valence-corrected chi connectivity index (χ2v) is 4.91. The first-order chi connectivity index (χ1) is 5.27. The van der Waals surface area contributed by atoms with Crippen molar-refractivity contribution in [1.82, 2.24) is 0 Å². The van der Waals surface area contributed by atoms with E-state index in [4.69, 9.17) is 4.74 Å². The van der Waals surface area contributed by atoms with Crippen molar-refractivity contribution in [3.05, 3.63) is 0 Å². The molecule has 11 heavy (non-hydrogen) atoms. The second-order valence-electron chi connectivity index (χ2n) is 3.85. The van der Waals surface area contributed by atoms with Gasteiger partial charge in [0.1, 0.15) is 6.10 Å². The Bertz CT molecular complexity index is 228. The van der Waals surface area contributed by atoms with E-state index in [0.717, 1.165) is 6.42 Å². The summed E-state index contributed by atoms with van der Waals surface area (Å²) < 4.78 is 5.27. The lowest BCUT2D eigenvalue weighted by Crippen LogP contribution is -2.26. The van der Waals surface area contributed by atoms with Crippen LogP contribution in [-0.4, -0.2) is 16.9 Å². The van der Waals surface area contributed by atoms with Crippen molar-refractivity contribution >= 4 is 21.9 Å². The van der Waals surface area contributed by atoms with Gasteiger partial charge in [0.25, 0.3) is 0 Å². The minimum absolute atomic E-state index is 0.0597. The molecule has 2 aliphatic carbocycles. The van der Waals surface area contributed by atoms with Crippen LogP contribution in [0.3, 0.4) is 0 Å². The zero-order valence-electron chi connectivity index (χ0n) is 6.00. The van der Waals surface area contributed by atoms with Crippen molar-refractivity contribution in [3.8, 4) is 0 Å². The molecule has 0 amide bonds. The highest BCUT2D eigenvalue weighted by Crippen LogP contribution is 2.56. The van der Waals surface area contributed by atoms with E-state index in [1.165, 1.54) is 6.42 Å². The number of hydrogen-bond donors (Lipinski definition) is 0. The van der Waals surface area contributed by atoms with Crippen LogP contribution in [0.5, 0.6) is 0 Å². The summed E-state index contributed by atoms with van der Waals surface area (Å²) in [5.41, 5.74) is 0. The molecule has 2 saturated carbocycles. The summed E-state index contributed by atoms with van der Waals surface area (Å²) in [5, 5.41) is 0. The lowest BCUT2D eigenvalue weighted by atomic mass is 9.90. The van der Waals surface area contributed by atoms with Crippen LogP contribution in [0, 0.1) is 17.8 Å². The Morgan fingerprint density at radius 1 is 1.45 bits per heavy atom. The van der Waals surface area contributed by atoms with Gasteiger partial charge in [0.15, 0.2) is 0 Å². The molecule has 2 nitrogen and oxygen atoms in total. The SMILES string of the molecule is O=C1O[C@@H]2[C@@H](Br)[C@H]3C[C@H]2[C@@H]1C3. The molecule has 5 atom stereocenters. The number of halogens is 1.